The average molecular weight is 490 g/mol. The summed E-state index contributed by atoms with van der Waals surface area (Å²) in [7, 11) is 5.03. The third-order valence-corrected chi connectivity index (χ3v) is 7.32. The predicted molar refractivity (Wildman–Crippen MR) is 136 cm³/mol. The lowest BCUT2D eigenvalue weighted by Gasteiger charge is -2.40. The average Bonchev–Trinajstić information content (AvgIpc) is 3.36. The van der Waals surface area contributed by atoms with Gasteiger partial charge in [-0.3, -0.25) is 0 Å². The molecular formula is C28H31N3O5. The molecule has 8 nitrogen and oxygen atoms in total. The van der Waals surface area contributed by atoms with E-state index in [-0.39, 0.29) is 18.0 Å². The molecule has 3 atom stereocenters. The van der Waals surface area contributed by atoms with Crippen molar-refractivity contribution in [1.82, 2.24) is 10.9 Å². The van der Waals surface area contributed by atoms with Crippen LogP contribution in [-0.4, -0.2) is 41.1 Å². The summed E-state index contributed by atoms with van der Waals surface area (Å²) in [5, 5.41) is 0. The third kappa shape index (κ3) is 3.96. The van der Waals surface area contributed by atoms with Crippen molar-refractivity contribution in [2.24, 2.45) is 5.92 Å². The maximum atomic E-state index is 5.95. The van der Waals surface area contributed by atoms with Gasteiger partial charge in [0.15, 0.2) is 23.0 Å². The number of hydrazine groups is 1. The zero-order valence-electron chi connectivity index (χ0n) is 20.7. The Morgan fingerprint density at radius 2 is 1.61 bits per heavy atom. The molecule has 6 rings (SSSR count). The van der Waals surface area contributed by atoms with Gasteiger partial charge in [-0.25, -0.2) is 10.9 Å². The van der Waals surface area contributed by atoms with E-state index in [4.69, 9.17) is 23.7 Å². The topological polar surface area (TPSA) is 73.5 Å². The van der Waals surface area contributed by atoms with E-state index in [9.17, 15) is 0 Å². The standard InChI is InChI=1S/C28H31N3O5/c1-32-19-6-4-5-17(11-19)15-31-16-21-27(18-7-8-23(33-2)24(12-18)34-3)29-30-28(21)20-13-25-26(14-22(20)31)36-10-9-35-25/h4-8,11-14,21,27-30H,9-10,15-16H2,1-3H3. The molecule has 36 heavy (non-hydrogen) atoms. The van der Waals surface area contributed by atoms with Gasteiger partial charge in [-0.15, -0.1) is 0 Å². The Balaban J connectivity index is 1.39. The van der Waals surface area contributed by atoms with E-state index < -0.39 is 0 Å². The third-order valence-electron chi connectivity index (χ3n) is 7.32. The summed E-state index contributed by atoms with van der Waals surface area (Å²) in [6.45, 7) is 2.74. The summed E-state index contributed by atoms with van der Waals surface area (Å²) in [4.78, 5) is 2.44. The van der Waals surface area contributed by atoms with Crippen LogP contribution in [0.2, 0.25) is 0 Å². The van der Waals surface area contributed by atoms with Crippen molar-refractivity contribution in [2.75, 3.05) is 46.0 Å². The number of hydrogen-bond donors (Lipinski definition) is 2. The molecule has 3 heterocycles. The number of hydrogen-bond acceptors (Lipinski definition) is 8. The molecule has 3 aromatic carbocycles. The fourth-order valence-corrected chi connectivity index (χ4v) is 5.59. The fourth-order valence-electron chi connectivity index (χ4n) is 5.59. The zero-order valence-corrected chi connectivity index (χ0v) is 20.7. The van der Waals surface area contributed by atoms with E-state index in [1.165, 1.54) is 11.1 Å². The van der Waals surface area contributed by atoms with E-state index in [0.717, 1.165) is 53.1 Å². The highest BCUT2D eigenvalue weighted by Crippen LogP contribution is 2.50. The molecule has 0 aromatic heterocycles. The van der Waals surface area contributed by atoms with Crippen molar-refractivity contribution in [3.63, 3.8) is 0 Å². The lowest BCUT2D eigenvalue weighted by Crippen LogP contribution is -2.39. The Bertz CT molecular complexity index is 1270. The molecular weight excluding hydrogens is 458 g/mol. The SMILES string of the molecule is COc1cccc(CN2CC3C(c4ccc(OC)c(OC)c4)NNC3c3cc4c(cc32)OCCO4)c1. The number of methoxy groups -OCH3 is 3. The van der Waals surface area contributed by atoms with Crippen LogP contribution in [0.1, 0.15) is 28.8 Å². The van der Waals surface area contributed by atoms with Gasteiger partial charge in [-0.05, 0) is 47.0 Å². The van der Waals surface area contributed by atoms with E-state index in [2.05, 4.69) is 52.1 Å². The number of benzene rings is 3. The number of nitrogens with one attached hydrogen (secondary N) is 2. The summed E-state index contributed by atoms with van der Waals surface area (Å²) in [6.07, 6.45) is 0. The van der Waals surface area contributed by atoms with Gasteiger partial charge in [-0.1, -0.05) is 18.2 Å². The van der Waals surface area contributed by atoms with Gasteiger partial charge in [0, 0.05) is 30.8 Å². The molecule has 0 bridgehead atoms. The lowest BCUT2D eigenvalue weighted by atomic mass is 9.81. The summed E-state index contributed by atoms with van der Waals surface area (Å²) < 4.78 is 28.4. The minimum atomic E-state index is 0.0870. The van der Waals surface area contributed by atoms with Crippen molar-refractivity contribution in [3.05, 3.63) is 71.3 Å². The Kier molecular flexibility index (Phi) is 5.99. The Hall–Kier alpha value is -3.62. The van der Waals surface area contributed by atoms with Crippen LogP contribution in [0.25, 0.3) is 0 Å². The molecule has 3 unspecified atom stereocenters. The number of anilines is 1. The molecule has 3 aliphatic heterocycles. The first-order valence-corrected chi connectivity index (χ1v) is 12.2. The molecule has 188 valence electrons. The molecule has 1 saturated heterocycles. The Labute approximate surface area is 211 Å². The summed E-state index contributed by atoms with van der Waals surface area (Å²) in [5.74, 6) is 4.18. The van der Waals surface area contributed by atoms with E-state index in [0.29, 0.717) is 13.2 Å². The maximum Gasteiger partial charge on any atom is 0.163 e. The minimum absolute atomic E-state index is 0.0870. The highest BCUT2D eigenvalue weighted by atomic mass is 16.6. The summed E-state index contributed by atoms with van der Waals surface area (Å²) >= 11 is 0. The van der Waals surface area contributed by atoms with Crippen LogP contribution < -0.4 is 39.4 Å². The van der Waals surface area contributed by atoms with Crippen LogP contribution in [0, 0.1) is 5.92 Å². The lowest BCUT2D eigenvalue weighted by molar-refractivity contribution is 0.171. The molecule has 0 spiro atoms. The number of fused-ring (bicyclic) bond motifs is 4. The molecule has 3 aromatic rings. The fraction of sp³-hybridized carbons (Fsp3) is 0.357. The number of rotatable bonds is 6. The minimum Gasteiger partial charge on any atom is -0.497 e. The van der Waals surface area contributed by atoms with Gasteiger partial charge >= 0.3 is 0 Å². The van der Waals surface area contributed by atoms with Gasteiger partial charge in [0.25, 0.3) is 0 Å². The molecule has 0 amide bonds. The van der Waals surface area contributed by atoms with Gasteiger partial charge in [-0.2, -0.15) is 0 Å². The highest BCUT2D eigenvalue weighted by molar-refractivity contribution is 5.66. The first kappa shape index (κ1) is 22.8. The molecule has 0 saturated carbocycles. The van der Waals surface area contributed by atoms with Gasteiger partial charge < -0.3 is 28.6 Å². The maximum absolute atomic E-state index is 5.95. The second kappa shape index (κ2) is 9.44. The van der Waals surface area contributed by atoms with Crippen LogP contribution in [-0.2, 0) is 6.54 Å². The molecule has 0 aliphatic carbocycles. The van der Waals surface area contributed by atoms with E-state index in [1.807, 2.05) is 18.2 Å². The molecule has 3 aliphatic rings. The predicted octanol–water partition coefficient (Wildman–Crippen LogP) is 4.01. The first-order valence-electron chi connectivity index (χ1n) is 12.2. The smallest absolute Gasteiger partial charge is 0.163 e. The molecule has 2 N–H and O–H groups in total. The van der Waals surface area contributed by atoms with E-state index >= 15 is 0 Å². The molecule has 8 heteroatoms. The van der Waals surface area contributed by atoms with Crippen LogP contribution in [0.3, 0.4) is 0 Å². The van der Waals surface area contributed by atoms with E-state index in [1.54, 1.807) is 21.3 Å². The van der Waals surface area contributed by atoms with Crippen LogP contribution >= 0.6 is 0 Å². The zero-order chi connectivity index (χ0) is 24.6. The van der Waals surface area contributed by atoms with Gasteiger partial charge in [0.1, 0.15) is 19.0 Å². The highest BCUT2D eigenvalue weighted by Gasteiger charge is 2.44. The number of nitrogens with zero attached hydrogens (tertiary/aromatic N) is 1. The number of ether oxygens (including phenoxy) is 5. The van der Waals surface area contributed by atoms with Crippen molar-refractivity contribution in [3.8, 4) is 28.7 Å². The second-order valence-electron chi connectivity index (χ2n) is 9.31. The Morgan fingerprint density at radius 3 is 2.39 bits per heavy atom. The van der Waals surface area contributed by atoms with Crippen LogP contribution in [0.15, 0.2) is 54.6 Å². The first-order chi connectivity index (χ1) is 17.7. The normalized spacial score (nSPS) is 22.0. The molecule has 1 fully saturated rings. The van der Waals surface area contributed by atoms with Crippen molar-refractivity contribution in [1.29, 1.82) is 0 Å². The molecule has 0 radical (unpaired) electrons. The largest absolute Gasteiger partial charge is 0.497 e. The van der Waals surface area contributed by atoms with Crippen LogP contribution in [0.4, 0.5) is 5.69 Å². The monoisotopic (exact) mass is 489 g/mol. The second-order valence-corrected chi connectivity index (χ2v) is 9.31. The van der Waals surface area contributed by atoms with Crippen molar-refractivity contribution >= 4 is 5.69 Å². The van der Waals surface area contributed by atoms with Gasteiger partial charge in [0.05, 0.1) is 33.4 Å². The van der Waals surface area contributed by atoms with Crippen LogP contribution in [0.5, 0.6) is 28.7 Å². The van der Waals surface area contributed by atoms with Gasteiger partial charge in [0.2, 0.25) is 0 Å². The van der Waals surface area contributed by atoms with Crippen molar-refractivity contribution < 1.29 is 23.7 Å². The summed E-state index contributed by atoms with van der Waals surface area (Å²) in [6, 6.07) is 18.9. The van der Waals surface area contributed by atoms with Crippen molar-refractivity contribution in [2.45, 2.75) is 18.6 Å². The quantitative estimate of drug-likeness (QED) is 0.538. The summed E-state index contributed by atoms with van der Waals surface area (Å²) in [5.41, 5.74) is 11.8. The Morgan fingerprint density at radius 1 is 0.833 bits per heavy atom.